The molecule has 0 aliphatic carbocycles. The smallest absolute Gasteiger partial charge is 0.416 e. The molecule has 0 bridgehead atoms. The van der Waals surface area contributed by atoms with Gasteiger partial charge in [0.15, 0.2) is 0 Å². The fraction of sp³-hybridized carbons (Fsp3) is 0.406. The van der Waals surface area contributed by atoms with E-state index in [1.54, 1.807) is 11.8 Å². The number of alkyl halides is 3. The minimum Gasteiger partial charge on any atom is -0.493 e. The molecule has 2 N–H and O–H groups in total. The van der Waals surface area contributed by atoms with Crippen molar-refractivity contribution >= 4 is 23.2 Å². The Balaban J connectivity index is 1.60. The van der Waals surface area contributed by atoms with Crippen LogP contribution in [-0.4, -0.2) is 60.8 Å². The molecule has 42 heavy (non-hydrogen) atoms. The first-order chi connectivity index (χ1) is 20.0. The molecule has 6 nitrogen and oxygen atoms in total. The molecule has 3 aromatic rings. The highest BCUT2D eigenvalue weighted by atomic mass is 35.5. The first-order valence-electron chi connectivity index (χ1n) is 14.2. The largest absolute Gasteiger partial charge is 0.493 e. The number of amides is 1. The van der Waals surface area contributed by atoms with Crippen LogP contribution in [0.2, 0.25) is 5.02 Å². The van der Waals surface area contributed by atoms with Crippen molar-refractivity contribution < 1.29 is 27.8 Å². The number of nitrogens with one attached hydrogen (secondary N) is 1. The first-order valence-corrected chi connectivity index (χ1v) is 14.6. The van der Waals surface area contributed by atoms with Crippen LogP contribution in [0.1, 0.15) is 48.7 Å². The van der Waals surface area contributed by atoms with Gasteiger partial charge in [0.2, 0.25) is 0 Å². The summed E-state index contributed by atoms with van der Waals surface area (Å²) in [5, 5.41) is 12.9. The number of ether oxygens (including phenoxy) is 1. The van der Waals surface area contributed by atoms with Crippen LogP contribution in [-0.2, 0) is 12.7 Å². The van der Waals surface area contributed by atoms with Crippen molar-refractivity contribution in [2.24, 2.45) is 0 Å². The molecule has 4 rings (SSSR count). The molecule has 1 saturated heterocycles. The van der Waals surface area contributed by atoms with Crippen LogP contribution in [0.3, 0.4) is 0 Å². The molecule has 3 aromatic carbocycles. The predicted molar refractivity (Wildman–Crippen MR) is 160 cm³/mol. The van der Waals surface area contributed by atoms with Crippen molar-refractivity contribution in [2.45, 2.75) is 52.1 Å². The Kier molecular flexibility index (Phi) is 10.4. The van der Waals surface area contributed by atoms with Gasteiger partial charge in [-0.05, 0) is 67.8 Å². The maximum absolute atomic E-state index is 13.3. The monoisotopic (exact) mass is 603 g/mol. The first kappa shape index (κ1) is 31.7. The van der Waals surface area contributed by atoms with Crippen molar-refractivity contribution in [1.82, 2.24) is 10.2 Å². The van der Waals surface area contributed by atoms with Crippen LogP contribution >= 0.6 is 11.6 Å². The summed E-state index contributed by atoms with van der Waals surface area (Å²) in [5.41, 5.74) is 3.24. The number of benzene rings is 3. The average Bonchev–Trinajstić information content (AvgIpc) is 2.96. The third-order valence-electron chi connectivity index (χ3n) is 7.41. The van der Waals surface area contributed by atoms with Crippen LogP contribution < -0.4 is 15.0 Å². The number of para-hydroxylation sites is 1. The topological polar surface area (TPSA) is 65.0 Å². The van der Waals surface area contributed by atoms with E-state index in [-0.39, 0.29) is 22.5 Å². The summed E-state index contributed by atoms with van der Waals surface area (Å²) in [5.74, 6) is 0.421. The van der Waals surface area contributed by atoms with Crippen molar-refractivity contribution in [1.29, 1.82) is 0 Å². The molecule has 1 aliphatic heterocycles. The summed E-state index contributed by atoms with van der Waals surface area (Å²) in [7, 11) is 0. The van der Waals surface area contributed by atoms with Gasteiger partial charge in [-0.2, -0.15) is 13.2 Å². The molecule has 0 radical (unpaired) electrons. The number of hydrogen-bond acceptors (Lipinski definition) is 5. The van der Waals surface area contributed by atoms with Gasteiger partial charge in [-0.1, -0.05) is 42.8 Å². The molecule has 1 fully saturated rings. The highest BCUT2D eigenvalue weighted by molar-refractivity contribution is 6.33. The van der Waals surface area contributed by atoms with E-state index >= 15 is 0 Å². The fourth-order valence-corrected chi connectivity index (χ4v) is 5.58. The molecular weight excluding hydrogens is 567 g/mol. The van der Waals surface area contributed by atoms with Gasteiger partial charge in [-0.3, -0.25) is 4.79 Å². The lowest BCUT2D eigenvalue weighted by Gasteiger charge is -2.43. The highest BCUT2D eigenvalue weighted by Gasteiger charge is 2.34. The third-order valence-corrected chi connectivity index (χ3v) is 7.72. The maximum atomic E-state index is 13.3. The van der Waals surface area contributed by atoms with Gasteiger partial charge in [-0.25, -0.2) is 0 Å². The number of rotatable bonds is 10. The zero-order valence-electron chi connectivity index (χ0n) is 24.0. The van der Waals surface area contributed by atoms with Gasteiger partial charge < -0.3 is 25.0 Å². The van der Waals surface area contributed by atoms with Crippen LogP contribution in [0.4, 0.5) is 18.9 Å². The number of piperazine rings is 1. The Morgan fingerprint density at radius 3 is 2.55 bits per heavy atom. The van der Waals surface area contributed by atoms with Crippen LogP contribution in [0.25, 0.3) is 11.1 Å². The van der Waals surface area contributed by atoms with Crippen LogP contribution in [0.15, 0.2) is 60.7 Å². The molecule has 0 aromatic heterocycles. The van der Waals surface area contributed by atoms with Crippen molar-refractivity contribution in [3.05, 3.63) is 82.4 Å². The van der Waals surface area contributed by atoms with Gasteiger partial charge >= 0.3 is 6.18 Å². The standard InChI is InChI=1S/C32H37ClF3N3O3/c1-4-25-20-38(31(41)27-12-11-24(17-28(27)33)32(34,35)36)14-15-39(25)29-13-10-22(16-23(29)19-37-18-21(3)40)26-8-6-7-9-30(26)42-5-2/h6-13,16-17,21,25,37,40H,4-5,14-15,18-20H2,1-3H3/t21-,25+/m0/s1. The molecule has 10 heteroatoms. The second-order valence-electron chi connectivity index (χ2n) is 10.5. The summed E-state index contributed by atoms with van der Waals surface area (Å²) < 4.78 is 45.2. The van der Waals surface area contributed by atoms with Crippen molar-refractivity contribution in [2.75, 3.05) is 37.7 Å². The van der Waals surface area contributed by atoms with E-state index in [2.05, 4.69) is 35.3 Å². The lowest BCUT2D eigenvalue weighted by atomic mass is 9.98. The predicted octanol–water partition coefficient (Wildman–Crippen LogP) is 6.64. The number of carbonyl (C=O) groups is 1. The summed E-state index contributed by atoms with van der Waals surface area (Å²) in [4.78, 5) is 17.3. The molecular formula is C32H37ClF3N3O3. The SMILES string of the molecule is CCOc1ccccc1-c1ccc(N2CCN(C(=O)c3ccc(C(F)(F)F)cc3Cl)C[C@H]2CC)c(CNC[C@H](C)O)c1. The molecule has 0 saturated carbocycles. The normalized spacial score (nSPS) is 16.4. The minimum absolute atomic E-state index is 0.0204. The number of halogens is 4. The van der Waals surface area contributed by atoms with Gasteiger partial charge in [0.25, 0.3) is 5.91 Å². The zero-order valence-corrected chi connectivity index (χ0v) is 24.8. The molecule has 1 heterocycles. The number of aliphatic hydroxyl groups is 1. The van der Waals surface area contributed by atoms with E-state index in [0.29, 0.717) is 39.3 Å². The Labute approximate surface area is 250 Å². The van der Waals surface area contributed by atoms with Gasteiger partial charge in [-0.15, -0.1) is 0 Å². The van der Waals surface area contributed by atoms with E-state index < -0.39 is 17.8 Å². The fourth-order valence-electron chi connectivity index (χ4n) is 5.32. The Hall–Kier alpha value is -3.27. The lowest BCUT2D eigenvalue weighted by Crippen LogP contribution is -2.55. The number of hydrogen-bond donors (Lipinski definition) is 2. The quantitative estimate of drug-likeness (QED) is 0.272. The van der Waals surface area contributed by atoms with Crippen molar-refractivity contribution in [3.8, 4) is 16.9 Å². The molecule has 0 unspecified atom stereocenters. The van der Waals surface area contributed by atoms with Gasteiger partial charge in [0, 0.05) is 50.0 Å². The zero-order chi connectivity index (χ0) is 30.4. The minimum atomic E-state index is -4.54. The number of carbonyl (C=O) groups excluding carboxylic acids is 1. The van der Waals surface area contributed by atoms with E-state index in [1.807, 2.05) is 31.2 Å². The Morgan fingerprint density at radius 2 is 1.88 bits per heavy atom. The molecule has 1 aliphatic rings. The molecule has 2 atom stereocenters. The number of aliphatic hydroxyl groups excluding tert-OH is 1. The summed E-state index contributed by atoms with van der Waals surface area (Å²) in [6, 6.07) is 17.0. The van der Waals surface area contributed by atoms with E-state index in [4.69, 9.17) is 16.3 Å². The second-order valence-corrected chi connectivity index (χ2v) is 10.9. The Bertz CT molecular complexity index is 1380. The maximum Gasteiger partial charge on any atom is 0.416 e. The van der Waals surface area contributed by atoms with E-state index in [0.717, 1.165) is 52.7 Å². The van der Waals surface area contributed by atoms with Crippen LogP contribution in [0.5, 0.6) is 5.75 Å². The third kappa shape index (κ3) is 7.38. The molecule has 226 valence electrons. The molecule has 1 amide bonds. The highest BCUT2D eigenvalue weighted by Crippen LogP contribution is 2.36. The van der Waals surface area contributed by atoms with E-state index in [1.165, 1.54) is 0 Å². The summed E-state index contributed by atoms with van der Waals surface area (Å²) in [6.07, 6.45) is -4.28. The van der Waals surface area contributed by atoms with Crippen molar-refractivity contribution in [3.63, 3.8) is 0 Å². The van der Waals surface area contributed by atoms with Gasteiger partial charge in [0.05, 0.1) is 28.9 Å². The molecule has 0 spiro atoms. The van der Waals surface area contributed by atoms with Gasteiger partial charge in [0.1, 0.15) is 5.75 Å². The van der Waals surface area contributed by atoms with E-state index in [9.17, 15) is 23.1 Å². The number of nitrogens with zero attached hydrogens (tertiary/aromatic N) is 2. The van der Waals surface area contributed by atoms with Crippen LogP contribution in [0, 0.1) is 0 Å². The summed E-state index contributed by atoms with van der Waals surface area (Å²) in [6.45, 7) is 8.59. The lowest BCUT2D eigenvalue weighted by molar-refractivity contribution is -0.137. The summed E-state index contributed by atoms with van der Waals surface area (Å²) >= 11 is 6.14. The number of anilines is 1. The average molecular weight is 604 g/mol. The second kappa shape index (κ2) is 13.8. The Morgan fingerprint density at radius 1 is 1.12 bits per heavy atom.